The van der Waals surface area contributed by atoms with Crippen molar-refractivity contribution < 1.29 is 4.74 Å². The average Bonchev–Trinajstić information content (AvgIpc) is 2.50. The van der Waals surface area contributed by atoms with E-state index in [4.69, 9.17) is 4.74 Å². The number of nitrogens with one attached hydrogen (secondary N) is 1. The van der Waals surface area contributed by atoms with Crippen LogP contribution in [0.3, 0.4) is 0 Å². The standard InChI is InChI=1S/C17H21BrN2O/c1-19-11-14(9-16-7-6-15(18)12-20-16)8-13-4-3-5-17(10-13)21-2/h3-7,10,12,14,19H,8-9,11H2,1-2H3. The second-order valence-corrected chi connectivity index (χ2v) is 6.07. The van der Waals surface area contributed by atoms with Crippen LogP contribution in [0.15, 0.2) is 47.1 Å². The highest BCUT2D eigenvalue weighted by atomic mass is 79.9. The lowest BCUT2D eigenvalue weighted by Gasteiger charge is -2.17. The topological polar surface area (TPSA) is 34.1 Å². The Morgan fingerprint density at radius 1 is 1.24 bits per heavy atom. The van der Waals surface area contributed by atoms with Gasteiger partial charge < -0.3 is 10.1 Å². The molecule has 0 spiro atoms. The molecule has 0 aliphatic carbocycles. The molecule has 0 bridgehead atoms. The number of benzene rings is 1. The Balaban J connectivity index is 2.05. The Labute approximate surface area is 134 Å². The molecule has 1 heterocycles. The van der Waals surface area contributed by atoms with Gasteiger partial charge in [0.25, 0.3) is 0 Å². The van der Waals surface area contributed by atoms with Crippen LogP contribution in [0.5, 0.6) is 5.75 Å². The van der Waals surface area contributed by atoms with Gasteiger partial charge in [-0.05, 0) is 78.1 Å². The maximum Gasteiger partial charge on any atom is 0.119 e. The number of halogens is 1. The molecule has 0 radical (unpaired) electrons. The SMILES string of the molecule is CNCC(Cc1cccc(OC)c1)Cc1ccc(Br)cn1. The molecule has 0 fully saturated rings. The zero-order chi connectivity index (χ0) is 15.1. The lowest BCUT2D eigenvalue weighted by atomic mass is 9.94. The van der Waals surface area contributed by atoms with Crippen LogP contribution >= 0.6 is 15.9 Å². The number of ether oxygens (including phenoxy) is 1. The lowest BCUT2D eigenvalue weighted by molar-refractivity contribution is 0.413. The van der Waals surface area contributed by atoms with Crippen molar-refractivity contribution in [2.24, 2.45) is 5.92 Å². The molecule has 1 atom stereocenters. The van der Waals surface area contributed by atoms with E-state index in [-0.39, 0.29) is 0 Å². The van der Waals surface area contributed by atoms with Crippen LogP contribution in [-0.2, 0) is 12.8 Å². The normalized spacial score (nSPS) is 12.1. The van der Waals surface area contributed by atoms with Crippen molar-refractivity contribution in [3.05, 3.63) is 58.3 Å². The molecule has 0 aliphatic rings. The van der Waals surface area contributed by atoms with Crippen LogP contribution in [0.2, 0.25) is 0 Å². The molecule has 1 aromatic heterocycles. The van der Waals surface area contributed by atoms with Gasteiger partial charge in [0.1, 0.15) is 5.75 Å². The molecule has 0 amide bonds. The van der Waals surface area contributed by atoms with Crippen LogP contribution < -0.4 is 10.1 Å². The van der Waals surface area contributed by atoms with Crippen molar-refractivity contribution in [2.45, 2.75) is 12.8 Å². The Kier molecular flexibility index (Phi) is 6.21. The molecule has 112 valence electrons. The highest BCUT2D eigenvalue weighted by Crippen LogP contribution is 2.18. The zero-order valence-corrected chi connectivity index (χ0v) is 14.1. The Morgan fingerprint density at radius 2 is 2.10 bits per heavy atom. The maximum atomic E-state index is 5.29. The summed E-state index contributed by atoms with van der Waals surface area (Å²) in [5, 5.41) is 3.28. The van der Waals surface area contributed by atoms with E-state index < -0.39 is 0 Å². The van der Waals surface area contributed by atoms with Crippen molar-refractivity contribution in [1.82, 2.24) is 10.3 Å². The van der Waals surface area contributed by atoms with Gasteiger partial charge in [-0.3, -0.25) is 4.98 Å². The second-order valence-electron chi connectivity index (χ2n) is 5.15. The number of rotatable bonds is 7. The fraction of sp³-hybridized carbons (Fsp3) is 0.353. The first-order valence-corrected chi connectivity index (χ1v) is 7.88. The minimum Gasteiger partial charge on any atom is -0.497 e. The zero-order valence-electron chi connectivity index (χ0n) is 12.5. The predicted molar refractivity (Wildman–Crippen MR) is 89.8 cm³/mol. The molecule has 0 saturated carbocycles. The summed E-state index contributed by atoms with van der Waals surface area (Å²) in [5.74, 6) is 1.42. The monoisotopic (exact) mass is 348 g/mol. The van der Waals surface area contributed by atoms with Crippen LogP contribution in [0.1, 0.15) is 11.3 Å². The van der Waals surface area contributed by atoms with E-state index in [1.165, 1.54) is 5.56 Å². The highest BCUT2D eigenvalue weighted by Gasteiger charge is 2.11. The number of hydrogen-bond acceptors (Lipinski definition) is 3. The van der Waals surface area contributed by atoms with Crippen LogP contribution in [0.4, 0.5) is 0 Å². The van der Waals surface area contributed by atoms with Gasteiger partial charge in [0.05, 0.1) is 7.11 Å². The Bertz CT molecular complexity index is 557. The third-order valence-corrected chi connectivity index (χ3v) is 3.91. The van der Waals surface area contributed by atoms with Crippen molar-refractivity contribution >= 4 is 15.9 Å². The number of aromatic nitrogens is 1. The molecule has 21 heavy (non-hydrogen) atoms. The molecule has 2 rings (SSSR count). The minimum absolute atomic E-state index is 0.510. The molecule has 2 aromatic rings. The van der Waals surface area contributed by atoms with E-state index in [0.29, 0.717) is 5.92 Å². The molecule has 1 unspecified atom stereocenters. The van der Waals surface area contributed by atoms with Gasteiger partial charge in [-0.1, -0.05) is 12.1 Å². The van der Waals surface area contributed by atoms with E-state index in [2.05, 4.69) is 44.4 Å². The van der Waals surface area contributed by atoms with Crippen LogP contribution in [0, 0.1) is 5.92 Å². The summed E-state index contributed by atoms with van der Waals surface area (Å²) in [7, 11) is 3.70. The smallest absolute Gasteiger partial charge is 0.119 e. The van der Waals surface area contributed by atoms with E-state index in [0.717, 1.165) is 35.3 Å². The minimum atomic E-state index is 0.510. The van der Waals surface area contributed by atoms with Crippen molar-refractivity contribution in [3.8, 4) is 5.75 Å². The maximum absolute atomic E-state index is 5.29. The molecule has 1 aromatic carbocycles. The van der Waals surface area contributed by atoms with E-state index in [1.807, 2.05) is 31.4 Å². The average molecular weight is 349 g/mol. The molecule has 0 saturated heterocycles. The number of pyridine rings is 1. The summed E-state index contributed by atoms with van der Waals surface area (Å²) >= 11 is 3.42. The molecular weight excluding hydrogens is 328 g/mol. The Hall–Kier alpha value is -1.39. The largest absolute Gasteiger partial charge is 0.497 e. The van der Waals surface area contributed by atoms with Gasteiger partial charge in [-0.15, -0.1) is 0 Å². The first kappa shape index (κ1) is 16.0. The van der Waals surface area contributed by atoms with Gasteiger partial charge >= 0.3 is 0 Å². The fourth-order valence-electron chi connectivity index (χ4n) is 2.46. The highest BCUT2D eigenvalue weighted by molar-refractivity contribution is 9.10. The number of nitrogens with zero attached hydrogens (tertiary/aromatic N) is 1. The molecule has 1 N–H and O–H groups in total. The van der Waals surface area contributed by atoms with E-state index >= 15 is 0 Å². The molecule has 4 heteroatoms. The van der Waals surface area contributed by atoms with Crippen molar-refractivity contribution in [3.63, 3.8) is 0 Å². The fourth-order valence-corrected chi connectivity index (χ4v) is 2.70. The summed E-state index contributed by atoms with van der Waals surface area (Å²) in [6, 6.07) is 12.4. The Morgan fingerprint density at radius 3 is 2.76 bits per heavy atom. The second kappa shape index (κ2) is 8.15. The van der Waals surface area contributed by atoms with Crippen molar-refractivity contribution in [2.75, 3.05) is 20.7 Å². The molecule has 0 aliphatic heterocycles. The van der Waals surface area contributed by atoms with Crippen LogP contribution in [-0.4, -0.2) is 25.7 Å². The summed E-state index contributed by atoms with van der Waals surface area (Å²) in [6.07, 6.45) is 3.83. The molecular formula is C17H21BrN2O. The number of hydrogen-bond donors (Lipinski definition) is 1. The quantitative estimate of drug-likeness (QED) is 0.831. The lowest BCUT2D eigenvalue weighted by Crippen LogP contribution is -2.23. The van der Waals surface area contributed by atoms with Gasteiger partial charge in [0.2, 0.25) is 0 Å². The third-order valence-electron chi connectivity index (χ3n) is 3.44. The van der Waals surface area contributed by atoms with Gasteiger partial charge in [0.15, 0.2) is 0 Å². The summed E-state index contributed by atoms with van der Waals surface area (Å²) in [4.78, 5) is 4.48. The first-order chi connectivity index (χ1) is 10.2. The summed E-state index contributed by atoms with van der Waals surface area (Å²) < 4.78 is 6.31. The molecule has 3 nitrogen and oxygen atoms in total. The predicted octanol–water partition coefficient (Wildman–Crippen LogP) is 3.47. The summed E-state index contributed by atoms with van der Waals surface area (Å²) in [6.45, 7) is 0.967. The van der Waals surface area contributed by atoms with E-state index in [1.54, 1.807) is 7.11 Å². The van der Waals surface area contributed by atoms with Gasteiger partial charge in [-0.25, -0.2) is 0 Å². The summed E-state index contributed by atoms with van der Waals surface area (Å²) in [5.41, 5.74) is 2.42. The van der Waals surface area contributed by atoms with Crippen molar-refractivity contribution in [1.29, 1.82) is 0 Å². The first-order valence-electron chi connectivity index (χ1n) is 7.09. The van der Waals surface area contributed by atoms with Gasteiger partial charge in [0, 0.05) is 16.4 Å². The van der Waals surface area contributed by atoms with Gasteiger partial charge in [-0.2, -0.15) is 0 Å². The number of methoxy groups -OCH3 is 1. The third kappa shape index (κ3) is 5.14. The van der Waals surface area contributed by atoms with Crippen LogP contribution in [0.25, 0.3) is 0 Å². The van der Waals surface area contributed by atoms with E-state index in [9.17, 15) is 0 Å².